The van der Waals surface area contributed by atoms with E-state index in [1.165, 1.54) is 19.3 Å². The molecule has 0 N–H and O–H groups in total. The molecule has 0 bridgehead atoms. The molecular weight excluding hydrogens is 224 g/mol. The summed E-state index contributed by atoms with van der Waals surface area (Å²) in [6, 6.07) is 3.31. The largest absolute Gasteiger partial charge is 0.341 e. The lowest BCUT2D eigenvalue weighted by atomic mass is 9.85. The first kappa shape index (κ1) is 11.4. The van der Waals surface area contributed by atoms with E-state index in [-0.39, 0.29) is 5.91 Å². The Hall–Kier alpha value is -1.09. The van der Waals surface area contributed by atoms with Crippen LogP contribution in [0.4, 0.5) is 0 Å². The summed E-state index contributed by atoms with van der Waals surface area (Å²) in [4.78, 5) is 17.6. The quantitative estimate of drug-likeness (QED) is 0.759. The van der Waals surface area contributed by atoms with Crippen molar-refractivity contribution in [2.75, 3.05) is 13.6 Å². The smallest absolute Gasteiger partial charge is 0.253 e. The molecule has 4 heteroatoms. The van der Waals surface area contributed by atoms with Crippen LogP contribution in [0.3, 0.4) is 0 Å². The number of pyridine rings is 1. The first-order valence-corrected chi connectivity index (χ1v) is 5.91. The van der Waals surface area contributed by atoms with Crippen LogP contribution in [0.1, 0.15) is 29.6 Å². The fourth-order valence-electron chi connectivity index (χ4n) is 1.90. The zero-order valence-corrected chi connectivity index (χ0v) is 10.1. The molecule has 1 aliphatic rings. The summed E-state index contributed by atoms with van der Waals surface area (Å²) < 4.78 is 0. The van der Waals surface area contributed by atoms with Crippen LogP contribution in [-0.2, 0) is 0 Å². The van der Waals surface area contributed by atoms with Gasteiger partial charge < -0.3 is 4.90 Å². The normalized spacial score (nSPS) is 15.6. The van der Waals surface area contributed by atoms with Crippen LogP contribution in [-0.4, -0.2) is 29.4 Å². The topological polar surface area (TPSA) is 33.2 Å². The summed E-state index contributed by atoms with van der Waals surface area (Å²) in [5, 5.41) is 0.364. The summed E-state index contributed by atoms with van der Waals surface area (Å²) >= 11 is 5.76. The molecule has 0 aliphatic heterocycles. The molecule has 1 saturated carbocycles. The van der Waals surface area contributed by atoms with Crippen molar-refractivity contribution in [1.82, 2.24) is 9.88 Å². The summed E-state index contributed by atoms with van der Waals surface area (Å²) in [5.74, 6) is 0.711. The van der Waals surface area contributed by atoms with Crippen molar-refractivity contribution < 1.29 is 4.79 Å². The SMILES string of the molecule is CN(CC1CCC1)C(=O)c1ccnc(Cl)c1. The molecule has 86 valence electrons. The van der Waals surface area contributed by atoms with Crippen molar-refractivity contribution in [3.8, 4) is 0 Å². The molecular formula is C12H15ClN2O. The monoisotopic (exact) mass is 238 g/mol. The molecule has 0 spiro atoms. The molecule has 0 aromatic carbocycles. The van der Waals surface area contributed by atoms with Crippen LogP contribution in [0, 0.1) is 5.92 Å². The molecule has 0 radical (unpaired) electrons. The Labute approximate surface area is 100 Å². The zero-order chi connectivity index (χ0) is 11.5. The summed E-state index contributed by atoms with van der Waals surface area (Å²) in [6.07, 6.45) is 5.35. The standard InChI is InChI=1S/C12H15ClN2O/c1-15(8-9-3-2-4-9)12(16)10-5-6-14-11(13)7-10/h5-7,9H,2-4,8H2,1H3. The van der Waals surface area contributed by atoms with Crippen LogP contribution < -0.4 is 0 Å². The van der Waals surface area contributed by atoms with Gasteiger partial charge in [-0.25, -0.2) is 4.98 Å². The number of nitrogens with zero attached hydrogens (tertiary/aromatic N) is 2. The minimum absolute atomic E-state index is 0.0243. The molecule has 1 aromatic rings. The predicted octanol–water partition coefficient (Wildman–Crippen LogP) is 2.61. The molecule has 1 amide bonds. The Morgan fingerprint density at radius 2 is 2.38 bits per heavy atom. The van der Waals surface area contributed by atoms with E-state index in [1.807, 2.05) is 7.05 Å². The number of amides is 1. The van der Waals surface area contributed by atoms with Crippen molar-refractivity contribution in [2.45, 2.75) is 19.3 Å². The molecule has 1 heterocycles. The van der Waals surface area contributed by atoms with Gasteiger partial charge in [-0.15, -0.1) is 0 Å². The third kappa shape index (κ3) is 2.53. The van der Waals surface area contributed by atoms with Crippen molar-refractivity contribution in [1.29, 1.82) is 0 Å². The maximum atomic E-state index is 12.0. The molecule has 1 aliphatic carbocycles. The van der Waals surface area contributed by atoms with Gasteiger partial charge >= 0.3 is 0 Å². The van der Waals surface area contributed by atoms with Gasteiger partial charge in [-0.3, -0.25) is 4.79 Å². The van der Waals surface area contributed by atoms with Gasteiger partial charge in [-0.2, -0.15) is 0 Å². The van der Waals surface area contributed by atoms with E-state index >= 15 is 0 Å². The Kier molecular flexibility index (Phi) is 3.44. The van der Waals surface area contributed by atoms with Crippen molar-refractivity contribution >= 4 is 17.5 Å². The maximum Gasteiger partial charge on any atom is 0.253 e. The van der Waals surface area contributed by atoms with Crippen molar-refractivity contribution in [3.05, 3.63) is 29.0 Å². The van der Waals surface area contributed by atoms with Gasteiger partial charge in [-0.05, 0) is 30.9 Å². The Morgan fingerprint density at radius 3 is 2.94 bits per heavy atom. The van der Waals surface area contributed by atoms with E-state index < -0.39 is 0 Å². The minimum Gasteiger partial charge on any atom is -0.341 e. The van der Waals surface area contributed by atoms with E-state index in [4.69, 9.17) is 11.6 Å². The van der Waals surface area contributed by atoms with Crippen LogP contribution in [0.5, 0.6) is 0 Å². The second-order valence-corrected chi connectivity index (χ2v) is 4.74. The lowest BCUT2D eigenvalue weighted by Gasteiger charge is -2.30. The van der Waals surface area contributed by atoms with E-state index in [0.29, 0.717) is 16.6 Å². The number of carbonyl (C=O) groups excluding carboxylic acids is 1. The highest BCUT2D eigenvalue weighted by Crippen LogP contribution is 2.27. The highest BCUT2D eigenvalue weighted by atomic mass is 35.5. The van der Waals surface area contributed by atoms with Gasteiger partial charge in [0.1, 0.15) is 5.15 Å². The van der Waals surface area contributed by atoms with Gasteiger partial charge in [0.15, 0.2) is 0 Å². The van der Waals surface area contributed by atoms with Crippen molar-refractivity contribution in [2.24, 2.45) is 5.92 Å². The van der Waals surface area contributed by atoms with Crippen molar-refractivity contribution in [3.63, 3.8) is 0 Å². The molecule has 0 saturated heterocycles. The van der Waals surface area contributed by atoms with Gasteiger partial charge in [-0.1, -0.05) is 18.0 Å². The van der Waals surface area contributed by atoms with E-state index in [2.05, 4.69) is 4.98 Å². The molecule has 16 heavy (non-hydrogen) atoms. The summed E-state index contributed by atoms with van der Waals surface area (Å²) in [5.41, 5.74) is 0.613. The van der Waals surface area contributed by atoms with Crippen LogP contribution in [0.25, 0.3) is 0 Å². The second kappa shape index (κ2) is 4.83. The molecule has 2 rings (SSSR count). The van der Waals surface area contributed by atoms with E-state index in [1.54, 1.807) is 23.2 Å². The fraction of sp³-hybridized carbons (Fsp3) is 0.500. The molecule has 3 nitrogen and oxygen atoms in total. The Bertz CT molecular complexity index is 390. The first-order chi connectivity index (χ1) is 7.66. The number of hydrogen-bond acceptors (Lipinski definition) is 2. The number of hydrogen-bond donors (Lipinski definition) is 0. The van der Waals surface area contributed by atoms with Crippen LogP contribution in [0.15, 0.2) is 18.3 Å². The highest BCUT2D eigenvalue weighted by Gasteiger charge is 2.22. The average Bonchev–Trinajstić information content (AvgIpc) is 2.22. The minimum atomic E-state index is 0.0243. The number of carbonyl (C=O) groups is 1. The molecule has 0 unspecified atom stereocenters. The fourth-order valence-corrected chi connectivity index (χ4v) is 2.08. The van der Waals surface area contributed by atoms with Crippen LogP contribution >= 0.6 is 11.6 Å². The lowest BCUT2D eigenvalue weighted by Crippen LogP contribution is -2.34. The van der Waals surface area contributed by atoms with Crippen LogP contribution in [0.2, 0.25) is 5.15 Å². The molecule has 1 aromatic heterocycles. The second-order valence-electron chi connectivity index (χ2n) is 4.35. The van der Waals surface area contributed by atoms with Gasteiger partial charge in [0, 0.05) is 25.4 Å². The molecule has 1 fully saturated rings. The van der Waals surface area contributed by atoms with E-state index in [0.717, 1.165) is 6.54 Å². The van der Waals surface area contributed by atoms with Gasteiger partial charge in [0.25, 0.3) is 5.91 Å². The third-order valence-corrected chi connectivity index (χ3v) is 3.28. The number of aromatic nitrogens is 1. The Balaban J connectivity index is 2.00. The lowest BCUT2D eigenvalue weighted by molar-refractivity contribution is 0.0745. The first-order valence-electron chi connectivity index (χ1n) is 5.54. The maximum absolute atomic E-state index is 12.0. The molecule has 0 atom stereocenters. The average molecular weight is 239 g/mol. The number of rotatable bonds is 3. The van der Waals surface area contributed by atoms with E-state index in [9.17, 15) is 4.79 Å². The predicted molar refractivity (Wildman–Crippen MR) is 63.5 cm³/mol. The number of halogens is 1. The Morgan fingerprint density at radius 1 is 1.62 bits per heavy atom. The van der Waals surface area contributed by atoms with Gasteiger partial charge in [0.2, 0.25) is 0 Å². The third-order valence-electron chi connectivity index (χ3n) is 3.08. The highest BCUT2D eigenvalue weighted by molar-refractivity contribution is 6.29. The van der Waals surface area contributed by atoms with Gasteiger partial charge in [0.05, 0.1) is 0 Å². The summed E-state index contributed by atoms with van der Waals surface area (Å²) in [7, 11) is 1.84. The summed E-state index contributed by atoms with van der Waals surface area (Å²) in [6.45, 7) is 0.846. The zero-order valence-electron chi connectivity index (χ0n) is 9.32.